The molecule has 1 aromatic rings. The summed E-state index contributed by atoms with van der Waals surface area (Å²) in [6.07, 6.45) is -4.68. The second kappa shape index (κ2) is 9.85. The number of phenols is 2. The molecule has 3 fully saturated rings. The molecule has 11 atom stereocenters. The number of hydrogen-bond acceptors (Lipinski definition) is 13. The normalized spacial score (nSPS) is 42.2. The molecule has 1 aromatic carbocycles. The van der Waals surface area contributed by atoms with Gasteiger partial charge in [0.1, 0.15) is 42.2 Å². The highest BCUT2D eigenvalue weighted by molar-refractivity contribution is 5.87. The van der Waals surface area contributed by atoms with Crippen molar-refractivity contribution in [2.24, 2.45) is 11.8 Å². The van der Waals surface area contributed by atoms with Crippen LogP contribution in [0.15, 0.2) is 36.6 Å². The van der Waals surface area contributed by atoms with Gasteiger partial charge in [-0.05, 0) is 29.8 Å². The van der Waals surface area contributed by atoms with Gasteiger partial charge < -0.3 is 59.4 Å². The van der Waals surface area contributed by atoms with E-state index in [0.29, 0.717) is 5.56 Å². The van der Waals surface area contributed by atoms with Crippen LogP contribution in [0.2, 0.25) is 0 Å². The SMILES string of the molecule is O=C(/C=C/c1ccc(O)c(O)c1)O[C@H]1[C@H]2C=CO[C@@H](O[C@@H]3O[C@H](CO)[C@@H](O)[C@@H](O)[C@@H]3O)[C@@H]2[C@@]2(CO)O[C@@H]12. The highest BCUT2D eigenvalue weighted by atomic mass is 16.8. The largest absolute Gasteiger partial charge is 0.504 e. The molecule has 13 nitrogen and oxygen atoms in total. The van der Waals surface area contributed by atoms with E-state index in [1.165, 1.54) is 30.5 Å². The van der Waals surface area contributed by atoms with Gasteiger partial charge in [0.2, 0.25) is 6.29 Å². The first kappa shape index (κ1) is 25.9. The van der Waals surface area contributed by atoms with Gasteiger partial charge in [0.05, 0.1) is 25.4 Å². The number of epoxide rings is 1. The Morgan fingerprint density at radius 1 is 1.05 bits per heavy atom. The number of benzene rings is 1. The van der Waals surface area contributed by atoms with Crippen LogP contribution in [0.5, 0.6) is 11.5 Å². The van der Waals surface area contributed by atoms with E-state index in [1.807, 2.05) is 0 Å². The van der Waals surface area contributed by atoms with Gasteiger partial charge in [0.15, 0.2) is 17.8 Å². The van der Waals surface area contributed by atoms with Gasteiger partial charge in [0, 0.05) is 12.0 Å². The molecule has 4 aliphatic rings. The summed E-state index contributed by atoms with van der Waals surface area (Å²) >= 11 is 0. The van der Waals surface area contributed by atoms with Crippen molar-refractivity contribution in [3.8, 4) is 11.5 Å². The molecule has 3 heterocycles. The lowest BCUT2D eigenvalue weighted by atomic mass is 9.85. The zero-order valence-electron chi connectivity index (χ0n) is 19.3. The Morgan fingerprint density at radius 2 is 1.84 bits per heavy atom. The molecule has 37 heavy (non-hydrogen) atoms. The summed E-state index contributed by atoms with van der Waals surface area (Å²) in [6.45, 7) is -1.08. The molecular weight excluding hydrogens is 496 g/mol. The highest BCUT2D eigenvalue weighted by Gasteiger charge is 2.77. The lowest BCUT2D eigenvalue weighted by Gasteiger charge is -2.43. The van der Waals surface area contributed by atoms with Gasteiger partial charge >= 0.3 is 5.97 Å². The van der Waals surface area contributed by atoms with Crippen LogP contribution in [0, 0.1) is 11.8 Å². The highest BCUT2D eigenvalue weighted by Crippen LogP contribution is 2.60. The second-order valence-corrected chi connectivity index (χ2v) is 9.40. The van der Waals surface area contributed by atoms with Gasteiger partial charge in [-0.15, -0.1) is 0 Å². The summed E-state index contributed by atoms with van der Waals surface area (Å²) in [6, 6.07) is 4.04. The van der Waals surface area contributed by atoms with Crippen molar-refractivity contribution in [2.45, 2.75) is 54.8 Å². The number of aliphatic hydroxyl groups excluding tert-OH is 5. The van der Waals surface area contributed by atoms with E-state index in [0.717, 1.165) is 6.08 Å². The zero-order chi connectivity index (χ0) is 26.5. The van der Waals surface area contributed by atoms with Gasteiger partial charge in [-0.2, -0.15) is 0 Å². The Bertz CT molecular complexity index is 1070. The number of aliphatic hydroxyl groups is 5. The van der Waals surface area contributed by atoms with Crippen molar-refractivity contribution in [2.75, 3.05) is 13.2 Å². The van der Waals surface area contributed by atoms with Gasteiger partial charge in [-0.25, -0.2) is 4.79 Å². The molecule has 7 N–H and O–H groups in total. The molecule has 2 saturated heterocycles. The van der Waals surface area contributed by atoms with E-state index in [9.17, 15) is 40.5 Å². The summed E-state index contributed by atoms with van der Waals surface area (Å²) in [5.41, 5.74) is -0.714. The van der Waals surface area contributed by atoms with Gasteiger partial charge in [-0.1, -0.05) is 6.07 Å². The van der Waals surface area contributed by atoms with E-state index in [-0.39, 0.29) is 11.5 Å². The minimum Gasteiger partial charge on any atom is -0.504 e. The third-order valence-electron chi connectivity index (χ3n) is 7.26. The number of hydrogen-bond donors (Lipinski definition) is 7. The first-order chi connectivity index (χ1) is 17.7. The number of rotatable bonds is 7. The lowest BCUT2D eigenvalue weighted by molar-refractivity contribution is -0.344. The molecule has 0 unspecified atom stereocenters. The fraction of sp³-hybridized carbons (Fsp3) is 0.542. The Kier molecular flexibility index (Phi) is 6.89. The minimum absolute atomic E-state index is 0.297. The average molecular weight is 524 g/mol. The smallest absolute Gasteiger partial charge is 0.331 e. The van der Waals surface area contributed by atoms with Gasteiger partial charge in [0.25, 0.3) is 0 Å². The van der Waals surface area contributed by atoms with Crippen LogP contribution in [-0.4, -0.2) is 110 Å². The molecule has 0 bridgehead atoms. The third-order valence-corrected chi connectivity index (χ3v) is 7.26. The molecule has 202 valence electrons. The first-order valence-corrected chi connectivity index (χ1v) is 11.7. The lowest BCUT2D eigenvalue weighted by Crippen LogP contribution is -2.60. The van der Waals surface area contributed by atoms with E-state index < -0.39 is 85.8 Å². The van der Waals surface area contributed by atoms with Crippen molar-refractivity contribution in [3.63, 3.8) is 0 Å². The van der Waals surface area contributed by atoms with Crippen molar-refractivity contribution in [1.29, 1.82) is 0 Å². The maximum absolute atomic E-state index is 12.6. The summed E-state index contributed by atoms with van der Waals surface area (Å²) in [5, 5.41) is 69.0. The van der Waals surface area contributed by atoms with E-state index in [4.69, 9.17) is 23.7 Å². The van der Waals surface area contributed by atoms with E-state index in [1.54, 1.807) is 6.08 Å². The maximum Gasteiger partial charge on any atom is 0.331 e. The number of aromatic hydroxyl groups is 2. The Morgan fingerprint density at radius 3 is 2.54 bits per heavy atom. The van der Waals surface area contributed by atoms with E-state index in [2.05, 4.69) is 0 Å². The number of carbonyl (C=O) groups is 1. The van der Waals surface area contributed by atoms with Crippen LogP contribution in [-0.2, 0) is 28.5 Å². The zero-order valence-corrected chi connectivity index (χ0v) is 19.3. The molecule has 0 radical (unpaired) electrons. The monoisotopic (exact) mass is 524 g/mol. The quantitative estimate of drug-likeness (QED) is 0.0900. The minimum atomic E-state index is -1.66. The predicted molar refractivity (Wildman–Crippen MR) is 119 cm³/mol. The molecule has 0 amide bonds. The summed E-state index contributed by atoms with van der Waals surface area (Å²) in [4.78, 5) is 12.6. The standard InChI is InChI=1S/C24H28O13/c25-8-14-17(30)18(31)19(32)23(34-14)36-22-16-11(5-6-33-22)20(21-24(16,9-26)37-21)35-15(29)4-2-10-1-3-12(27)13(28)7-10/h1-7,11,14,16-23,25-28,30-32H,8-9H2/b4-2+/t11-,14+,16+,17+,18+,19-,20-,21-,22-,23-,24+/m0/s1. The molecular formula is C24H28O13. The molecule has 5 rings (SSSR count). The number of phenolic OH excluding ortho intramolecular Hbond substituents is 2. The first-order valence-electron chi connectivity index (χ1n) is 11.7. The fourth-order valence-electron chi connectivity index (χ4n) is 5.27. The Hall–Kier alpha value is -2.75. The number of esters is 1. The Balaban J connectivity index is 1.30. The van der Waals surface area contributed by atoms with Crippen LogP contribution < -0.4 is 0 Å². The van der Waals surface area contributed by atoms with Crippen LogP contribution in [0.4, 0.5) is 0 Å². The van der Waals surface area contributed by atoms with Crippen LogP contribution in [0.1, 0.15) is 5.56 Å². The van der Waals surface area contributed by atoms with Crippen LogP contribution in [0.25, 0.3) is 6.08 Å². The van der Waals surface area contributed by atoms with Gasteiger partial charge in [-0.3, -0.25) is 0 Å². The third kappa shape index (κ3) is 4.47. The molecule has 1 aliphatic carbocycles. The molecule has 0 spiro atoms. The number of ether oxygens (including phenoxy) is 5. The van der Waals surface area contributed by atoms with Crippen molar-refractivity contribution < 1.29 is 64.2 Å². The average Bonchev–Trinajstić information content (AvgIpc) is 3.57. The Labute approximate surface area is 210 Å². The fourth-order valence-corrected chi connectivity index (χ4v) is 5.27. The van der Waals surface area contributed by atoms with E-state index >= 15 is 0 Å². The molecule has 0 aromatic heterocycles. The second-order valence-electron chi connectivity index (χ2n) is 9.40. The van der Waals surface area contributed by atoms with Crippen LogP contribution in [0.3, 0.4) is 0 Å². The molecule has 13 heteroatoms. The van der Waals surface area contributed by atoms with Crippen molar-refractivity contribution in [3.05, 3.63) is 42.2 Å². The number of carbonyl (C=O) groups excluding carboxylic acids is 1. The summed E-state index contributed by atoms with van der Waals surface area (Å²) < 4.78 is 28.2. The summed E-state index contributed by atoms with van der Waals surface area (Å²) in [7, 11) is 0. The summed E-state index contributed by atoms with van der Waals surface area (Å²) in [5.74, 6) is -2.56. The maximum atomic E-state index is 12.6. The molecule has 1 saturated carbocycles. The van der Waals surface area contributed by atoms with Crippen LogP contribution >= 0.6 is 0 Å². The van der Waals surface area contributed by atoms with Crippen molar-refractivity contribution in [1.82, 2.24) is 0 Å². The number of fused-ring (bicyclic) bond motifs is 3. The van der Waals surface area contributed by atoms with Crippen molar-refractivity contribution >= 4 is 12.0 Å². The predicted octanol–water partition coefficient (Wildman–Crippen LogP) is -1.91. The topological polar surface area (TPSA) is 208 Å². The molecule has 3 aliphatic heterocycles.